The van der Waals surface area contributed by atoms with Gasteiger partial charge in [0.15, 0.2) is 0 Å². The van der Waals surface area contributed by atoms with Crippen molar-refractivity contribution in [1.82, 2.24) is 9.97 Å². The van der Waals surface area contributed by atoms with Crippen LogP contribution in [0.2, 0.25) is 0 Å². The quantitative estimate of drug-likeness (QED) is 0.685. The van der Waals surface area contributed by atoms with Gasteiger partial charge >= 0.3 is 0 Å². The van der Waals surface area contributed by atoms with Gasteiger partial charge in [-0.15, -0.1) is 11.3 Å². The third kappa shape index (κ3) is 2.67. The van der Waals surface area contributed by atoms with Crippen LogP contribution in [0.15, 0.2) is 30.6 Å². The first-order valence-corrected chi connectivity index (χ1v) is 9.80. The largest absolute Gasteiger partial charge is 0.497 e. The Morgan fingerprint density at radius 1 is 1.16 bits per heavy atom. The number of hydrogen-bond donors (Lipinski definition) is 0. The summed E-state index contributed by atoms with van der Waals surface area (Å²) < 4.78 is 5.28. The Balaban J connectivity index is 1.55. The summed E-state index contributed by atoms with van der Waals surface area (Å²) in [6.45, 7) is 0.894. The van der Waals surface area contributed by atoms with Gasteiger partial charge in [0.1, 0.15) is 22.7 Å². The normalized spacial score (nSPS) is 16.2. The van der Waals surface area contributed by atoms with Gasteiger partial charge in [0, 0.05) is 17.5 Å². The zero-order valence-corrected chi connectivity index (χ0v) is 15.2. The predicted octanol–water partition coefficient (Wildman–Crippen LogP) is 4.36. The molecule has 0 amide bonds. The van der Waals surface area contributed by atoms with E-state index in [2.05, 4.69) is 22.0 Å². The van der Waals surface area contributed by atoms with Crippen molar-refractivity contribution in [2.45, 2.75) is 44.7 Å². The van der Waals surface area contributed by atoms with Crippen LogP contribution in [0.3, 0.4) is 0 Å². The van der Waals surface area contributed by atoms with Crippen molar-refractivity contribution in [3.05, 3.63) is 46.6 Å². The third-order valence-corrected chi connectivity index (χ3v) is 6.45. The van der Waals surface area contributed by atoms with Crippen molar-refractivity contribution in [1.29, 1.82) is 0 Å². The Bertz CT molecular complexity index is 915. The summed E-state index contributed by atoms with van der Waals surface area (Å²) in [5.41, 5.74) is 2.81. The molecule has 1 fully saturated rings. The van der Waals surface area contributed by atoms with Crippen LogP contribution >= 0.6 is 11.3 Å². The lowest BCUT2D eigenvalue weighted by Crippen LogP contribution is -2.26. The number of aromatic nitrogens is 2. The Labute approximate surface area is 151 Å². The smallest absolute Gasteiger partial charge is 0.141 e. The molecule has 0 saturated heterocycles. The minimum absolute atomic E-state index is 0.608. The van der Waals surface area contributed by atoms with Gasteiger partial charge in [-0.25, -0.2) is 9.97 Å². The molecule has 1 aromatic carbocycles. The van der Waals surface area contributed by atoms with Crippen molar-refractivity contribution in [2.24, 2.45) is 0 Å². The molecular formula is C20H21N3OS. The number of aryl methyl sites for hydroxylation is 2. The van der Waals surface area contributed by atoms with Crippen LogP contribution in [-0.4, -0.2) is 23.1 Å². The topological polar surface area (TPSA) is 38.2 Å². The van der Waals surface area contributed by atoms with Gasteiger partial charge < -0.3 is 9.64 Å². The van der Waals surface area contributed by atoms with Gasteiger partial charge in [-0.1, -0.05) is 12.1 Å². The molecule has 25 heavy (non-hydrogen) atoms. The summed E-state index contributed by atoms with van der Waals surface area (Å²) in [7, 11) is 1.71. The first-order valence-electron chi connectivity index (χ1n) is 8.98. The molecule has 2 heterocycles. The predicted molar refractivity (Wildman–Crippen MR) is 102 cm³/mol. The number of rotatable bonds is 5. The first kappa shape index (κ1) is 15.1. The zero-order chi connectivity index (χ0) is 16.8. The number of thiophene rings is 1. The lowest BCUT2D eigenvalue weighted by Gasteiger charge is -2.24. The third-order valence-electron chi connectivity index (χ3n) is 5.25. The molecular weight excluding hydrogens is 330 g/mol. The summed E-state index contributed by atoms with van der Waals surface area (Å²) >= 11 is 1.87. The Kier molecular flexibility index (Phi) is 3.63. The van der Waals surface area contributed by atoms with E-state index in [1.54, 1.807) is 13.4 Å². The molecule has 0 unspecified atom stereocenters. The van der Waals surface area contributed by atoms with E-state index < -0.39 is 0 Å². The molecule has 3 aromatic rings. The van der Waals surface area contributed by atoms with Crippen molar-refractivity contribution < 1.29 is 4.74 Å². The highest BCUT2D eigenvalue weighted by molar-refractivity contribution is 7.19. The molecule has 0 spiro atoms. The fraction of sp³-hybridized carbons (Fsp3) is 0.400. The van der Waals surface area contributed by atoms with Gasteiger partial charge in [0.05, 0.1) is 12.5 Å². The minimum Gasteiger partial charge on any atom is -0.497 e. The monoisotopic (exact) mass is 351 g/mol. The number of methoxy groups -OCH3 is 1. The van der Waals surface area contributed by atoms with Crippen LogP contribution in [0.5, 0.6) is 5.75 Å². The van der Waals surface area contributed by atoms with E-state index in [0.29, 0.717) is 6.04 Å². The van der Waals surface area contributed by atoms with Crippen LogP contribution in [0, 0.1) is 0 Å². The molecule has 2 aliphatic rings. The Morgan fingerprint density at radius 2 is 2.00 bits per heavy atom. The average Bonchev–Trinajstić information content (AvgIpc) is 3.28. The SMILES string of the molecule is COc1ccc(CN(c2ncnc3sc4c(c23)CCC4)C2CC2)cc1. The molecule has 2 aliphatic carbocycles. The summed E-state index contributed by atoms with van der Waals surface area (Å²) in [6.07, 6.45) is 7.91. The van der Waals surface area contributed by atoms with E-state index in [1.165, 1.54) is 53.5 Å². The van der Waals surface area contributed by atoms with Crippen LogP contribution in [0.1, 0.15) is 35.3 Å². The number of ether oxygens (including phenoxy) is 1. The van der Waals surface area contributed by atoms with E-state index in [-0.39, 0.29) is 0 Å². The summed E-state index contributed by atoms with van der Waals surface area (Å²) in [5, 5.41) is 1.32. The van der Waals surface area contributed by atoms with Crippen LogP contribution in [0.25, 0.3) is 10.2 Å². The van der Waals surface area contributed by atoms with Crippen molar-refractivity contribution in [3.63, 3.8) is 0 Å². The Hall–Kier alpha value is -2.14. The maximum absolute atomic E-state index is 5.28. The van der Waals surface area contributed by atoms with Crippen molar-refractivity contribution >= 4 is 27.4 Å². The van der Waals surface area contributed by atoms with Crippen LogP contribution in [0.4, 0.5) is 5.82 Å². The van der Waals surface area contributed by atoms with Gasteiger partial charge in [0.25, 0.3) is 0 Å². The van der Waals surface area contributed by atoms with Gasteiger partial charge in [0.2, 0.25) is 0 Å². The molecule has 0 radical (unpaired) electrons. The standard InChI is InChI=1S/C20H21N3OS/c1-24-15-9-5-13(6-10-15)11-23(14-7-8-14)19-18-16-3-2-4-17(16)25-20(18)22-12-21-19/h5-6,9-10,12,14H,2-4,7-8,11H2,1H3. The molecule has 4 nitrogen and oxygen atoms in total. The molecule has 128 valence electrons. The highest BCUT2D eigenvalue weighted by atomic mass is 32.1. The molecule has 0 atom stereocenters. The highest BCUT2D eigenvalue weighted by Crippen LogP contribution is 2.43. The molecule has 0 bridgehead atoms. The molecule has 1 saturated carbocycles. The number of nitrogens with zero attached hydrogens (tertiary/aromatic N) is 3. The lowest BCUT2D eigenvalue weighted by atomic mass is 10.1. The Morgan fingerprint density at radius 3 is 2.76 bits per heavy atom. The maximum atomic E-state index is 5.28. The number of fused-ring (bicyclic) bond motifs is 3. The second kappa shape index (κ2) is 5.99. The number of hydrogen-bond acceptors (Lipinski definition) is 5. The van der Waals surface area contributed by atoms with Crippen LogP contribution < -0.4 is 9.64 Å². The second-order valence-electron chi connectivity index (χ2n) is 6.94. The first-order chi connectivity index (χ1) is 12.3. The molecule has 0 N–H and O–H groups in total. The van der Waals surface area contributed by atoms with Gasteiger partial charge in [-0.3, -0.25) is 0 Å². The number of anilines is 1. The average molecular weight is 351 g/mol. The maximum Gasteiger partial charge on any atom is 0.141 e. The fourth-order valence-corrected chi connectivity index (χ4v) is 5.04. The fourth-order valence-electron chi connectivity index (χ4n) is 3.82. The van der Waals surface area contributed by atoms with Crippen molar-refractivity contribution in [2.75, 3.05) is 12.0 Å². The van der Waals surface area contributed by atoms with E-state index in [9.17, 15) is 0 Å². The molecule has 5 rings (SSSR count). The molecule has 0 aliphatic heterocycles. The van der Waals surface area contributed by atoms with E-state index in [0.717, 1.165) is 22.9 Å². The second-order valence-corrected chi connectivity index (χ2v) is 8.03. The lowest BCUT2D eigenvalue weighted by molar-refractivity contribution is 0.414. The summed E-state index contributed by atoms with van der Waals surface area (Å²) in [6, 6.07) is 9.00. The van der Waals surface area contributed by atoms with E-state index in [4.69, 9.17) is 9.72 Å². The van der Waals surface area contributed by atoms with Crippen molar-refractivity contribution in [3.8, 4) is 5.75 Å². The van der Waals surface area contributed by atoms with Crippen LogP contribution in [-0.2, 0) is 19.4 Å². The highest BCUT2D eigenvalue weighted by Gasteiger charge is 2.33. The zero-order valence-electron chi connectivity index (χ0n) is 14.4. The summed E-state index contributed by atoms with van der Waals surface area (Å²) in [5.74, 6) is 2.05. The van der Waals surface area contributed by atoms with Gasteiger partial charge in [-0.2, -0.15) is 0 Å². The minimum atomic E-state index is 0.608. The van der Waals surface area contributed by atoms with E-state index in [1.807, 2.05) is 23.5 Å². The number of benzene rings is 1. The molecule has 2 aromatic heterocycles. The summed E-state index contributed by atoms with van der Waals surface area (Å²) in [4.78, 5) is 14.5. The molecule has 5 heteroatoms. The van der Waals surface area contributed by atoms with Gasteiger partial charge in [-0.05, 0) is 55.4 Å². The van der Waals surface area contributed by atoms with E-state index >= 15 is 0 Å².